The average molecular weight is 139 g/mol. The Hall–Kier alpha value is -0.720. The Morgan fingerprint density at radius 2 is 1.90 bits per heavy atom. The molecule has 0 aliphatic carbocycles. The van der Waals surface area contributed by atoms with E-state index < -0.39 is 0 Å². The summed E-state index contributed by atoms with van der Waals surface area (Å²) in [6.07, 6.45) is 2.13. The van der Waals surface area contributed by atoms with E-state index in [2.05, 4.69) is 27.0 Å². The fourth-order valence-electron chi connectivity index (χ4n) is 0.623. The highest BCUT2D eigenvalue weighted by Crippen LogP contribution is 2.12. The third kappa shape index (κ3) is 4.19. The first kappa shape index (κ1) is 9.28. The minimum atomic E-state index is 0.626. The zero-order valence-corrected chi connectivity index (χ0v) is 6.98. The van der Waals surface area contributed by atoms with Gasteiger partial charge in [-0.05, 0) is 24.3 Å². The van der Waals surface area contributed by atoms with Gasteiger partial charge in [0.15, 0.2) is 0 Å². The first-order valence-electron chi connectivity index (χ1n) is 3.66. The predicted molar refractivity (Wildman–Crippen MR) is 46.5 cm³/mol. The van der Waals surface area contributed by atoms with Crippen LogP contribution in [0.4, 0.5) is 0 Å². The van der Waals surface area contributed by atoms with Crippen LogP contribution in [0.3, 0.4) is 0 Å². The molecule has 0 aliphatic rings. The molecule has 10 heavy (non-hydrogen) atoms. The van der Waals surface area contributed by atoms with Gasteiger partial charge >= 0.3 is 0 Å². The number of allylic oxidation sites excluding steroid dienone is 1. The van der Waals surface area contributed by atoms with Gasteiger partial charge in [-0.2, -0.15) is 0 Å². The third-order valence-electron chi connectivity index (χ3n) is 1.48. The van der Waals surface area contributed by atoms with Gasteiger partial charge in [0.05, 0.1) is 0 Å². The van der Waals surface area contributed by atoms with Crippen molar-refractivity contribution in [1.29, 1.82) is 0 Å². The molecular weight excluding hydrogens is 122 g/mol. The average Bonchev–Trinajstić information content (AvgIpc) is 1.82. The summed E-state index contributed by atoms with van der Waals surface area (Å²) in [5, 5.41) is 0. The monoisotopic (exact) mass is 139 g/mol. The van der Waals surface area contributed by atoms with E-state index in [-0.39, 0.29) is 0 Å². The summed E-state index contributed by atoms with van der Waals surface area (Å²) < 4.78 is 0. The maximum atomic E-state index is 5.43. The van der Waals surface area contributed by atoms with Gasteiger partial charge in [0.25, 0.3) is 0 Å². The molecule has 58 valence electrons. The predicted octanol–water partition coefficient (Wildman–Crippen LogP) is 2.45. The zero-order chi connectivity index (χ0) is 8.15. The van der Waals surface area contributed by atoms with E-state index in [4.69, 9.17) is 5.73 Å². The fraction of sp³-hybridized carbons (Fsp3) is 0.556. The maximum Gasteiger partial charge on any atom is 0.0267 e. The van der Waals surface area contributed by atoms with Gasteiger partial charge in [0.2, 0.25) is 0 Å². The van der Waals surface area contributed by atoms with Crippen molar-refractivity contribution in [3.8, 4) is 0 Å². The minimum Gasteiger partial charge on any atom is -0.399 e. The summed E-state index contributed by atoms with van der Waals surface area (Å²) in [5.41, 5.74) is 7.03. The highest BCUT2D eigenvalue weighted by molar-refractivity contribution is 5.21. The molecule has 0 unspecified atom stereocenters. The third-order valence-corrected chi connectivity index (χ3v) is 1.48. The molecule has 0 rings (SSSR count). The Labute approximate surface area is 63.6 Å². The van der Waals surface area contributed by atoms with Crippen LogP contribution in [0.25, 0.3) is 0 Å². The first-order chi connectivity index (χ1) is 4.54. The van der Waals surface area contributed by atoms with E-state index in [1.165, 1.54) is 0 Å². The van der Waals surface area contributed by atoms with Gasteiger partial charge in [-0.1, -0.05) is 27.0 Å². The van der Waals surface area contributed by atoms with Crippen molar-refractivity contribution in [1.82, 2.24) is 0 Å². The molecular formula is C9H17N. The molecule has 0 fully saturated rings. The van der Waals surface area contributed by atoms with Crippen LogP contribution >= 0.6 is 0 Å². The molecule has 0 atom stereocenters. The van der Waals surface area contributed by atoms with Crippen molar-refractivity contribution in [3.05, 3.63) is 24.4 Å². The normalized spacial score (nSPS) is 9.90. The lowest BCUT2D eigenvalue weighted by Gasteiger charge is -2.06. The lowest BCUT2D eigenvalue weighted by molar-refractivity contribution is 0.586. The van der Waals surface area contributed by atoms with Gasteiger partial charge in [-0.15, -0.1) is 0 Å². The number of rotatable bonds is 4. The molecule has 0 aromatic heterocycles. The van der Waals surface area contributed by atoms with Crippen molar-refractivity contribution in [2.75, 3.05) is 0 Å². The van der Waals surface area contributed by atoms with Crippen molar-refractivity contribution in [3.63, 3.8) is 0 Å². The van der Waals surface area contributed by atoms with Gasteiger partial charge in [-0.25, -0.2) is 0 Å². The second-order valence-corrected chi connectivity index (χ2v) is 3.06. The van der Waals surface area contributed by atoms with E-state index >= 15 is 0 Å². The van der Waals surface area contributed by atoms with Gasteiger partial charge in [0, 0.05) is 5.70 Å². The number of nitrogens with two attached hydrogens (primary N) is 1. The molecule has 0 aliphatic heterocycles. The molecule has 0 saturated carbocycles. The summed E-state index contributed by atoms with van der Waals surface area (Å²) in [6.45, 7) is 11.8. The van der Waals surface area contributed by atoms with Crippen LogP contribution < -0.4 is 5.73 Å². The van der Waals surface area contributed by atoms with Crippen molar-refractivity contribution >= 4 is 0 Å². The highest BCUT2D eigenvalue weighted by atomic mass is 14.6. The quantitative estimate of drug-likeness (QED) is 0.595. The number of hydrogen-bond donors (Lipinski definition) is 1. The summed E-state index contributed by atoms with van der Waals surface area (Å²) >= 11 is 0. The Morgan fingerprint density at radius 3 is 2.20 bits per heavy atom. The minimum absolute atomic E-state index is 0.626. The van der Waals surface area contributed by atoms with E-state index in [1.807, 2.05) is 0 Å². The summed E-state index contributed by atoms with van der Waals surface area (Å²) in [4.78, 5) is 0. The zero-order valence-electron chi connectivity index (χ0n) is 6.98. The summed E-state index contributed by atoms with van der Waals surface area (Å²) in [7, 11) is 0. The van der Waals surface area contributed by atoms with Crippen molar-refractivity contribution in [2.24, 2.45) is 11.7 Å². The van der Waals surface area contributed by atoms with Crippen LogP contribution in [0.2, 0.25) is 0 Å². The van der Waals surface area contributed by atoms with Crippen LogP contribution in [-0.2, 0) is 0 Å². The van der Waals surface area contributed by atoms with Crippen LogP contribution in [0.15, 0.2) is 24.4 Å². The highest BCUT2D eigenvalue weighted by Gasteiger charge is 1.97. The molecule has 0 amide bonds. The molecule has 1 heteroatoms. The Bertz CT molecular complexity index is 134. The Balaban J connectivity index is 3.50. The second kappa shape index (κ2) is 4.15. The molecule has 0 spiro atoms. The van der Waals surface area contributed by atoms with Crippen molar-refractivity contribution in [2.45, 2.75) is 26.7 Å². The van der Waals surface area contributed by atoms with Crippen LogP contribution in [0.1, 0.15) is 26.7 Å². The van der Waals surface area contributed by atoms with E-state index in [0.717, 1.165) is 24.3 Å². The molecule has 0 radical (unpaired) electrons. The first-order valence-corrected chi connectivity index (χ1v) is 3.66. The van der Waals surface area contributed by atoms with Gasteiger partial charge in [0.1, 0.15) is 0 Å². The second-order valence-electron chi connectivity index (χ2n) is 3.06. The Kier molecular flexibility index (Phi) is 3.85. The number of hydrogen-bond acceptors (Lipinski definition) is 1. The maximum absolute atomic E-state index is 5.43. The SMILES string of the molecule is C=C(N)C(=C)CCC(C)C. The van der Waals surface area contributed by atoms with Gasteiger partial charge in [-0.3, -0.25) is 0 Å². The topological polar surface area (TPSA) is 26.0 Å². The lowest BCUT2D eigenvalue weighted by Crippen LogP contribution is -1.99. The Morgan fingerprint density at radius 1 is 1.40 bits per heavy atom. The largest absolute Gasteiger partial charge is 0.399 e. The smallest absolute Gasteiger partial charge is 0.0267 e. The molecule has 2 N–H and O–H groups in total. The summed E-state index contributed by atoms with van der Waals surface area (Å²) in [6, 6.07) is 0. The molecule has 0 bridgehead atoms. The molecule has 0 heterocycles. The molecule has 0 saturated heterocycles. The van der Waals surface area contributed by atoms with Crippen molar-refractivity contribution < 1.29 is 0 Å². The van der Waals surface area contributed by atoms with Crippen LogP contribution in [0.5, 0.6) is 0 Å². The lowest BCUT2D eigenvalue weighted by atomic mass is 10.0. The van der Waals surface area contributed by atoms with Crippen LogP contribution in [-0.4, -0.2) is 0 Å². The van der Waals surface area contributed by atoms with E-state index in [0.29, 0.717) is 5.70 Å². The molecule has 1 nitrogen and oxygen atoms in total. The summed E-state index contributed by atoms with van der Waals surface area (Å²) in [5.74, 6) is 0.719. The fourth-order valence-corrected chi connectivity index (χ4v) is 0.623. The standard InChI is InChI=1S/C9H17N/c1-7(2)5-6-8(3)9(4)10/h7H,3-6,10H2,1-2H3. The molecule has 0 aromatic rings. The van der Waals surface area contributed by atoms with E-state index in [1.54, 1.807) is 0 Å². The molecule has 0 aromatic carbocycles. The van der Waals surface area contributed by atoms with E-state index in [9.17, 15) is 0 Å². The van der Waals surface area contributed by atoms with Gasteiger partial charge < -0.3 is 5.73 Å². The van der Waals surface area contributed by atoms with Crippen LogP contribution in [0, 0.1) is 5.92 Å².